The maximum Gasteiger partial charge on any atom is 0.332 e. The second-order valence-corrected chi connectivity index (χ2v) is 8.99. The molecule has 0 radical (unpaired) electrons. The monoisotopic (exact) mass is 490 g/mol. The van der Waals surface area contributed by atoms with Gasteiger partial charge in [-0.1, -0.05) is 58.8 Å². The Labute approximate surface area is 204 Å². The number of rotatable bonds is 23. The fourth-order valence-electron chi connectivity index (χ4n) is 3.64. The third kappa shape index (κ3) is 18.7. The summed E-state index contributed by atoms with van der Waals surface area (Å²) in [6.45, 7) is 5.91. The van der Waals surface area contributed by atoms with Crippen LogP contribution in [0.25, 0.3) is 0 Å². The Kier molecular flexibility index (Phi) is 18.6. The number of carboxylic acids is 2. The van der Waals surface area contributed by atoms with Crippen molar-refractivity contribution in [2.24, 2.45) is 0 Å². The number of aliphatic carboxylic acids is 2. The molecule has 3 unspecified atom stereocenters. The molecule has 2 N–H and O–H groups in total. The summed E-state index contributed by atoms with van der Waals surface area (Å²) in [5, 5.41) is 17.7. The van der Waals surface area contributed by atoms with Gasteiger partial charge in [0, 0.05) is 6.42 Å². The van der Waals surface area contributed by atoms with Gasteiger partial charge >= 0.3 is 17.9 Å². The number of ether oxygens (including phenoxy) is 4. The van der Waals surface area contributed by atoms with Crippen molar-refractivity contribution in [3.63, 3.8) is 0 Å². The van der Waals surface area contributed by atoms with E-state index in [0.29, 0.717) is 0 Å². The fraction of sp³-hybridized carbons (Fsp3) is 0.880. The Bertz CT molecular complexity index is 567. The summed E-state index contributed by atoms with van der Waals surface area (Å²) in [5.74, 6) is -4.29. The van der Waals surface area contributed by atoms with Crippen molar-refractivity contribution in [1.82, 2.24) is 0 Å². The Hall–Kier alpha value is -1.71. The highest BCUT2D eigenvalue weighted by atomic mass is 16.7. The molecule has 0 saturated heterocycles. The molecular formula is C25H46O9. The largest absolute Gasteiger partial charge is 0.480 e. The number of carboxylic acid groups (broad SMARTS) is 2. The number of hydrogen-bond donors (Lipinski definition) is 2. The van der Waals surface area contributed by atoms with Crippen LogP contribution < -0.4 is 0 Å². The van der Waals surface area contributed by atoms with Crippen molar-refractivity contribution in [1.29, 1.82) is 0 Å². The van der Waals surface area contributed by atoms with Gasteiger partial charge in [-0.25, -0.2) is 14.4 Å². The highest BCUT2D eigenvalue weighted by Gasteiger charge is 2.31. The van der Waals surface area contributed by atoms with E-state index in [-0.39, 0.29) is 12.5 Å². The van der Waals surface area contributed by atoms with Crippen LogP contribution in [-0.2, 0) is 33.3 Å². The number of esters is 1. The third-order valence-corrected chi connectivity index (χ3v) is 5.45. The molecule has 0 saturated carbocycles. The molecule has 0 aliphatic carbocycles. The zero-order valence-electron chi connectivity index (χ0n) is 21.5. The summed E-state index contributed by atoms with van der Waals surface area (Å²) >= 11 is 0. The molecule has 0 aliphatic rings. The molecule has 0 aromatic carbocycles. The first-order valence-corrected chi connectivity index (χ1v) is 12.6. The first kappa shape index (κ1) is 32.3. The van der Waals surface area contributed by atoms with Crippen molar-refractivity contribution in [3.8, 4) is 0 Å². The molecule has 0 spiro atoms. The number of unbranched alkanes of at least 4 members (excludes halogenated alkanes) is 7. The van der Waals surface area contributed by atoms with Crippen LogP contribution in [0.1, 0.15) is 105 Å². The molecule has 9 heteroatoms. The highest BCUT2D eigenvalue weighted by molar-refractivity contribution is 5.71. The fourth-order valence-corrected chi connectivity index (χ4v) is 3.64. The van der Waals surface area contributed by atoms with Gasteiger partial charge in [-0.3, -0.25) is 0 Å². The zero-order valence-corrected chi connectivity index (χ0v) is 21.5. The van der Waals surface area contributed by atoms with E-state index in [1.165, 1.54) is 26.2 Å². The Morgan fingerprint density at radius 3 is 1.79 bits per heavy atom. The van der Waals surface area contributed by atoms with Crippen LogP contribution in [0.15, 0.2) is 0 Å². The van der Waals surface area contributed by atoms with Crippen LogP contribution in [0, 0.1) is 0 Å². The van der Waals surface area contributed by atoms with Crippen LogP contribution in [-0.4, -0.2) is 65.9 Å². The summed E-state index contributed by atoms with van der Waals surface area (Å²) in [6.07, 6.45) is 11.0. The minimum Gasteiger partial charge on any atom is -0.480 e. The molecule has 0 aromatic rings. The smallest absolute Gasteiger partial charge is 0.332 e. The molecule has 200 valence electrons. The number of carbonyl (C=O) groups excluding carboxylic acids is 1. The molecule has 0 heterocycles. The normalized spacial score (nSPS) is 14.8. The molecule has 34 heavy (non-hydrogen) atoms. The highest BCUT2D eigenvalue weighted by Crippen LogP contribution is 2.22. The van der Waals surface area contributed by atoms with E-state index < -0.39 is 49.6 Å². The summed E-state index contributed by atoms with van der Waals surface area (Å²) in [6, 6.07) is 0. The number of carbonyl (C=O) groups is 3. The minimum atomic E-state index is -1.45. The Morgan fingerprint density at radius 2 is 1.26 bits per heavy atom. The van der Waals surface area contributed by atoms with E-state index in [4.69, 9.17) is 29.2 Å². The van der Waals surface area contributed by atoms with Gasteiger partial charge in [0.15, 0.2) is 5.79 Å². The predicted molar refractivity (Wildman–Crippen MR) is 128 cm³/mol. The Morgan fingerprint density at radius 1 is 0.765 bits per heavy atom. The van der Waals surface area contributed by atoms with Crippen LogP contribution in [0.3, 0.4) is 0 Å². The average molecular weight is 491 g/mol. The van der Waals surface area contributed by atoms with Gasteiger partial charge in [0.05, 0.1) is 6.10 Å². The first-order valence-electron chi connectivity index (χ1n) is 12.6. The quantitative estimate of drug-likeness (QED) is 0.116. The van der Waals surface area contributed by atoms with Crippen LogP contribution in [0.4, 0.5) is 0 Å². The molecule has 0 aromatic heterocycles. The van der Waals surface area contributed by atoms with Gasteiger partial charge in [0.1, 0.15) is 25.9 Å². The van der Waals surface area contributed by atoms with Gasteiger partial charge in [-0.15, -0.1) is 0 Å². The maximum atomic E-state index is 12.5. The summed E-state index contributed by atoms with van der Waals surface area (Å²) in [7, 11) is 0. The lowest BCUT2D eigenvalue weighted by Gasteiger charge is -2.31. The van der Waals surface area contributed by atoms with Crippen molar-refractivity contribution in [2.75, 3.05) is 19.8 Å². The lowest BCUT2D eigenvalue weighted by molar-refractivity contribution is -0.245. The molecule has 0 aliphatic heterocycles. The maximum absolute atomic E-state index is 12.5. The van der Waals surface area contributed by atoms with Gasteiger partial charge in [0.2, 0.25) is 0 Å². The lowest BCUT2D eigenvalue weighted by Crippen LogP contribution is -2.40. The summed E-state index contributed by atoms with van der Waals surface area (Å²) in [5.41, 5.74) is 0. The van der Waals surface area contributed by atoms with Crippen molar-refractivity contribution in [2.45, 2.75) is 123 Å². The summed E-state index contributed by atoms with van der Waals surface area (Å²) in [4.78, 5) is 34.2. The third-order valence-electron chi connectivity index (χ3n) is 5.45. The van der Waals surface area contributed by atoms with Crippen molar-refractivity contribution < 1.29 is 43.5 Å². The molecule has 3 atom stereocenters. The molecule has 0 amide bonds. The van der Waals surface area contributed by atoms with Gasteiger partial charge < -0.3 is 29.2 Å². The molecule has 0 fully saturated rings. The molecular weight excluding hydrogens is 444 g/mol. The van der Waals surface area contributed by atoms with Gasteiger partial charge in [-0.2, -0.15) is 0 Å². The van der Waals surface area contributed by atoms with E-state index >= 15 is 0 Å². The van der Waals surface area contributed by atoms with Crippen LogP contribution >= 0.6 is 0 Å². The van der Waals surface area contributed by atoms with Gasteiger partial charge in [-0.05, 0) is 39.5 Å². The number of hydrogen-bond acceptors (Lipinski definition) is 7. The molecule has 0 rings (SSSR count). The summed E-state index contributed by atoms with van der Waals surface area (Å²) < 4.78 is 21.9. The molecule has 0 bridgehead atoms. The van der Waals surface area contributed by atoms with E-state index in [9.17, 15) is 14.4 Å². The predicted octanol–water partition coefficient (Wildman–Crippen LogP) is 4.94. The van der Waals surface area contributed by atoms with E-state index in [0.717, 1.165) is 51.4 Å². The zero-order chi connectivity index (χ0) is 25.8. The van der Waals surface area contributed by atoms with Gasteiger partial charge in [0.25, 0.3) is 0 Å². The SMILES string of the molecule is CCCCCCCC(CCCCCC)OC(=O)COC(C)(CC(C)OCC(=O)O)OCC(=O)O. The lowest BCUT2D eigenvalue weighted by atomic mass is 10.0. The standard InChI is InChI=1S/C25H46O9/c1-5-7-9-11-13-15-21(14-12-10-8-6-2)34-24(30)19-33-25(4,32-18-23(28)29)16-20(3)31-17-22(26)27/h20-21H,5-19H2,1-4H3,(H,26,27)(H,28,29). The molecule has 9 nitrogen and oxygen atoms in total. The second-order valence-electron chi connectivity index (χ2n) is 8.99. The Balaban J connectivity index is 4.84. The van der Waals surface area contributed by atoms with E-state index in [1.807, 2.05) is 0 Å². The van der Waals surface area contributed by atoms with Crippen LogP contribution in [0.2, 0.25) is 0 Å². The van der Waals surface area contributed by atoms with E-state index in [1.54, 1.807) is 6.92 Å². The van der Waals surface area contributed by atoms with Crippen LogP contribution in [0.5, 0.6) is 0 Å². The van der Waals surface area contributed by atoms with Crippen molar-refractivity contribution >= 4 is 17.9 Å². The van der Waals surface area contributed by atoms with Crippen molar-refractivity contribution in [3.05, 3.63) is 0 Å². The average Bonchev–Trinajstić information content (AvgIpc) is 2.77. The topological polar surface area (TPSA) is 129 Å². The first-order chi connectivity index (χ1) is 16.1. The minimum absolute atomic E-state index is 0.0404. The van der Waals surface area contributed by atoms with E-state index in [2.05, 4.69) is 13.8 Å². The second kappa shape index (κ2) is 19.6.